The molecule has 19 heavy (non-hydrogen) atoms. The van der Waals surface area contributed by atoms with Crippen molar-refractivity contribution in [1.82, 2.24) is 9.78 Å². The molecule has 0 aliphatic carbocycles. The number of hydrogen-bond acceptors (Lipinski definition) is 3. The number of rotatable bonds is 4. The summed E-state index contributed by atoms with van der Waals surface area (Å²) in [7, 11) is 0. The van der Waals surface area contributed by atoms with Gasteiger partial charge in [-0.1, -0.05) is 23.8 Å². The van der Waals surface area contributed by atoms with Gasteiger partial charge < -0.3 is 11.1 Å². The maximum atomic E-state index is 6.21. The Hall–Kier alpha value is -1.59. The third kappa shape index (κ3) is 3.05. The van der Waals surface area contributed by atoms with Crippen molar-refractivity contribution < 1.29 is 0 Å². The van der Waals surface area contributed by atoms with Gasteiger partial charge >= 0.3 is 0 Å². The van der Waals surface area contributed by atoms with Crippen LogP contribution in [0, 0.1) is 0 Å². The van der Waals surface area contributed by atoms with Gasteiger partial charge in [-0.15, -0.1) is 0 Å². The van der Waals surface area contributed by atoms with Crippen LogP contribution in [0.25, 0.3) is 0 Å². The predicted molar refractivity (Wildman–Crippen MR) is 83.2 cm³/mol. The molecule has 0 amide bonds. The maximum Gasteiger partial charge on any atom is 0.128 e. The number of halogens is 1. The van der Waals surface area contributed by atoms with Crippen molar-refractivity contribution >= 4 is 40.3 Å². The highest BCUT2D eigenvalue weighted by atomic mass is 35.5. The molecule has 0 bridgehead atoms. The van der Waals surface area contributed by atoms with Crippen LogP contribution in [-0.4, -0.2) is 14.8 Å². The standard InChI is InChI=1S/C13H15ClN4S/c1-8(2)18-12(5-6-16-18)17-11-4-3-9(13(15)19)7-10(11)14/h3-8,17H,1-2H3,(H2,15,19). The lowest BCUT2D eigenvalue weighted by atomic mass is 10.2. The zero-order valence-electron chi connectivity index (χ0n) is 10.7. The molecule has 1 aromatic heterocycles. The summed E-state index contributed by atoms with van der Waals surface area (Å²) in [6.45, 7) is 4.13. The molecular weight excluding hydrogens is 280 g/mol. The van der Waals surface area contributed by atoms with E-state index in [1.165, 1.54) is 0 Å². The van der Waals surface area contributed by atoms with E-state index < -0.39 is 0 Å². The van der Waals surface area contributed by atoms with Crippen molar-refractivity contribution in [2.45, 2.75) is 19.9 Å². The molecule has 3 N–H and O–H groups in total. The van der Waals surface area contributed by atoms with Gasteiger partial charge in [0.25, 0.3) is 0 Å². The zero-order chi connectivity index (χ0) is 14.0. The molecule has 0 radical (unpaired) electrons. The van der Waals surface area contributed by atoms with Gasteiger partial charge in [-0.2, -0.15) is 5.10 Å². The minimum Gasteiger partial charge on any atom is -0.389 e. The van der Waals surface area contributed by atoms with Crippen molar-refractivity contribution in [2.24, 2.45) is 5.73 Å². The second kappa shape index (κ2) is 5.59. The minimum atomic E-state index is 0.271. The number of nitrogens with one attached hydrogen (secondary N) is 1. The molecule has 4 nitrogen and oxygen atoms in total. The first-order valence-corrected chi connectivity index (χ1v) is 6.67. The molecule has 2 aromatic rings. The highest BCUT2D eigenvalue weighted by molar-refractivity contribution is 7.80. The summed E-state index contributed by atoms with van der Waals surface area (Å²) in [6, 6.07) is 7.62. The van der Waals surface area contributed by atoms with Crippen LogP contribution >= 0.6 is 23.8 Å². The summed E-state index contributed by atoms with van der Waals surface area (Å²) in [4.78, 5) is 0.334. The monoisotopic (exact) mass is 294 g/mol. The zero-order valence-corrected chi connectivity index (χ0v) is 12.3. The van der Waals surface area contributed by atoms with Crippen molar-refractivity contribution in [3.05, 3.63) is 41.0 Å². The fraction of sp³-hybridized carbons (Fsp3) is 0.231. The maximum absolute atomic E-state index is 6.21. The molecule has 0 spiro atoms. The van der Waals surface area contributed by atoms with Crippen molar-refractivity contribution in [2.75, 3.05) is 5.32 Å². The van der Waals surface area contributed by atoms with Gasteiger partial charge in [-0.3, -0.25) is 0 Å². The molecule has 1 aromatic carbocycles. The lowest BCUT2D eigenvalue weighted by Gasteiger charge is -2.14. The van der Waals surface area contributed by atoms with E-state index in [0.717, 1.165) is 17.1 Å². The Bertz CT molecular complexity index is 606. The number of thiocarbonyl (C=S) groups is 1. The van der Waals surface area contributed by atoms with Crippen LogP contribution in [0.15, 0.2) is 30.5 Å². The number of benzene rings is 1. The lowest BCUT2D eigenvalue weighted by molar-refractivity contribution is 0.540. The molecule has 100 valence electrons. The average molecular weight is 295 g/mol. The predicted octanol–water partition coefficient (Wildman–Crippen LogP) is 3.50. The van der Waals surface area contributed by atoms with E-state index in [9.17, 15) is 0 Å². The molecule has 1 heterocycles. The quantitative estimate of drug-likeness (QED) is 0.848. The van der Waals surface area contributed by atoms with Gasteiger partial charge in [0.1, 0.15) is 10.8 Å². The summed E-state index contributed by atoms with van der Waals surface area (Å²) >= 11 is 11.1. The van der Waals surface area contributed by atoms with Crippen LogP contribution < -0.4 is 11.1 Å². The Balaban J connectivity index is 2.28. The van der Waals surface area contributed by atoms with Crippen LogP contribution in [0.5, 0.6) is 0 Å². The Morgan fingerprint density at radius 2 is 2.16 bits per heavy atom. The fourth-order valence-electron chi connectivity index (χ4n) is 1.73. The third-order valence-electron chi connectivity index (χ3n) is 2.68. The number of nitrogens with two attached hydrogens (primary N) is 1. The van der Waals surface area contributed by atoms with E-state index in [-0.39, 0.29) is 6.04 Å². The number of aromatic nitrogens is 2. The average Bonchev–Trinajstić information content (AvgIpc) is 2.79. The van der Waals surface area contributed by atoms with Gasteiger partial charge in [0.2, 0.25) is 0 Å². The van der Waals surface area contributed by atoms with Crippen LogP contribution in [0.1, 0.15) is 25.5 Å². The van der Waals surface area contributed by atoms with E-state index in [4.69, 9.17) is 29.6 Å². The number of anilines is 2. The normalized spacial score (nSPS) is 10.7. The number of hydrogen-bond donors (Lipinski definition) is 2. The van der Waals surface area contributed by atoms with Gasteiger partial charge in [0.05, 0.1) is 16.9 Å². The molecule has 2 rings (SSSR count). The Morgan fingerprint density at radius 1 is 1.42 bits per heavy atom. The van der Waals surface area contributed by atoms with E-state index >= 15 is 0 Å². The molecule has 6 heteroatoms. The highest BCUT2D eigenvalue weighted by Gasteiger charge is 2.09. The molecule has 0 saturated carbocycles. The first-order chi connectivity index (χ1) is 8.99. The van der Waals surface area contributed by atoms with Crippen LogP contribution in [0.4, 0.5) is 11.5 Å². The molecular formula is C13H15ClN4S. The van der Waals surface area contributed by atoms with Gasteiger partial charge in [0, 0.05) is 17.7 Å². The van der Waals surface area contributed by atoms with Gasteiger partial charge in [0.15, 0.2) is 0 Å². The van der Waals surface area contributed by atoms with Crippen molar-refractivity contribution in [3.8, 4) is 0 Å². The third-order valence-corrected chi connectivity index (χ3v) is 3.22. The topological polar surface area (TPSA) is 55.9 Å². The molecule has 0 atom stereocenters. The molecule has 0 fully saturated rings. The summed E-state index contributed by atoms with van der Waals surface area (Å²) < 4.78 is 1.89. The molecule has 0 aliphatic heterocycles. The Kier molecular flexibility index (Phi) is 4.07. The van der Waals surface area contributed by atoms with E-state index in [2.05, 4.69) is 24.3 Å². The smallest absolute Gasteiger partial charge is 0.128 e. The van der Waals surface area contributed by atoms with Crippen molar-refractivity contribution in [3.63, 3.8) is 0 Å². The van der Waals surface area contributed by atoms with Crippen LogP contribution in [0.3, 0.4) is 0 Å². The summed E-state index contributed by atoms with van der Waals surface area (Å²) in [5, 5.41) is 8.08. The lowest BCUT2D eigenvalue weighted by Crippen LogP contribution is -2.10. The SMILES string of the molecule is CC(C)n1nccc1Nc1ccc(C(N)=S)cc1Cl. The van der Waals surface area contributed by atoms with Gasteiger partial charge in [-0.05, 0) is 32.0 Å². The highest BCUT2D eigenvalue weighted by Crippen LogP contribution is 2.27. The summed E-state index contributed by atoms with van der Waals surface area (Å²) in [5.74, 6) is 0.889. The summed E-state index contributed by atoms with van der Waals surface area (Å²) in [6.07, 6.45) is 1.75. The van der Waals surface area contributed by atoms with Crippen LogP contribution in [0.2, 0.25) is 5.02 Å². The first-order valence-electron chi connectivity index (χ1n) is 5.89. The van der Waals surface area contributed by atoms with Crippen LogP contribution in [-0.2, 0) is 0 Å². The molecule has 0 saturated heterocycles. The first kappa shape index (κ1) is 13.8. The summed E-state index contributed by atoms with van der Waals surface area (Å²) in [5.41, 5.74) is 7.12. The van der Waals surface area contributed by atoms with Crippen molar-refractivity contribution in [1.29, 1.82) is 0 Å². The Labute approximate surface area is 122 Å². The van der Waals surface area contributed by atoms with E-state index in [1.807, 2.05) is 22.9 Å². The Morgan fingerprint density at radius 3 is 2.74 bits per heavy atom. The minimum absolute atomic E-state index is 0.271. The van der Waals surface area contributed by atoms with E-state index in [0.29, 0.717) is 10.0 Å². The second-order valence-electron chi connectivity index (χ2n) is 4.44. The molecule has 0 unspecified atom stereocenters. The van der Waals surface area contributed by atoms with E-state index in [1.54, 1.807) is 12.3 Å². The molecule has 0 aliphatic rings. The fourth-order valence-corrected chi connectivity index (χ4v) is 2.09. The van der Waals surface area contributed by atoms with Gasteiger partial charge in [-0.25, -0.2) is 4.68 Å². The number of nitrogens with zero attached hydrogens (tertiary/aromatic N) is 2. The largest absolute Gasteiger partial charge is 0.389 e. The second-order valence-corrected chi connectivity index (χ2v) is 5.29.